The van der Waals surface area contributed by atoms with Crippen LogP contribution in [-0.2, 0) is 9.53 Å². The molecule has 3 aliphatic heterocycles. The van der Waals surface area contributed by atoms with Crippen molar-refractivity contribution in [2.75, 3.05) is 33.4 Å². The second-order valence-corrected chi connectivity index (χ2v) is 11.7. The number of hydrogen-bond acceptors (Lipinski definition) is 8. The van der Waals surface area contributed by atoms with E-state index in [-0.39, 0.29) is 41.7 Å². The van der Waals surface area contributed by atoms with Crippen molar-refractivity contribution >= 4 is 17.5 Å². The number of fused-ring (bicyclic) bond motifs is 1. The lowest BCUT2D eigenvalue weighted by Gasteiger charge is -2.43. The maximum Gasteiger partial charge on any atom is 0.223 e. The van der Waals surface area contributed by atoms with Crippen LogP contribution in [0.25, 0.3) is 0 Å². The molecule has 8 unspecified atom stereocenters. The van der Waals surface area contributed by atoms with Gasteiger partial charge in [0.1, 0.15) is 0 Å². The molecular formula is C24H44ClN7O2. The predicted octanol–water partition coefficient (Wildman–Crippen LogP) is 0.417. The van der Waals surface area contributed by atoms with E-state index in [1.807, 2.05) is 0 Å². The lowest BCUT2D eigenvalue weighted by Crippen LogP contribution is -2.58. The molecular weight excluding hydrogens is 454 g/mol. The summed E-state index contributed by atoms with van der Waals surface area (Å²) in [6.07, 6.45) is 9.97. The van der Waals surface area contributed by atoms with Gasteiger partial charge in [-0.2, -0.15) is 0 Å². The molecule has 2 aliphatic carbocycles. The largest absolute Gasteiger partial charge is 0.378 e. The standard InChI is InChI=1S/C24H44ClN7O2/c1-32-22(30-31-23(32)20-7-9-26-14-28-20)13-27-17-4-2-3-15(11-17)24(33)29-19-8-10-34-21-6-5-16(25)12-18(19)21/h15-23,26-28,30-31H,2-14H2,1H3,(H,29,33)/t15?,16?,17?,18?,19-,20?,21?,22?,23?/m0/s1. The average molecular weight is 498 g/mol. The van der Waals surface area contributed by atoms with Crippen molar-refractivity contribution in [1.29, 1.82) is 0 Å². The van der Waals surface area contributed by atoms with Crippen molar-refractivity contribution in [3.8, 4) is 0 Å². The van der Waals surface area contributed by atoms with E-state index in [1.165, 1.54) is 0 Å². The van der Waals surface area contributed by atoms with Gasteiger partial charge in [0.15, 0.2) is 0 Å². The molecule has 194 valence electrons. The van der Waals surface area contributed by atoms with Crippen molar-refractivity contribution in [3.63, 3.8) is 0 Å². The number of hydrazine groups is 1. The van der Waals surface area contributed by atoms with Crippen LogP contribution in [0.2, 0.25) is 0 Å². The Labute approximate surface area is 209 Å². The first-order valence-electron chi connectivity index (χ1n) is 13.5. The van der Waals surface area contributed by atoms with Crippen molar-refractivity contribution in [1.82, 2.24) is 37.0 Å². The van der Waals surface area contributed by atoms with E-state index in [9.17, 15) is 4.79 Å². The zero-order valence-corrected chi connectivity index (χ0v) is 21.3. The topological polar surface area (TPSA) is 102 Å². The highest BCUT2D eigenvalue weighted by molar-refractivity contribution is 6.20. The third kappa shape index (κ3) is 5.89. The Balaban J connectivity index is 1.08. The molecule has 0 aromatic carbocycles. The number of nitrogens with zero attached hydrogens (tertiary/aromatic N) is 1. The molecule has 1 amide bonds. The van der Waals surface area contributed by atoms with Gasteiger partial charge in [-0.15, -0.1) is 11.6 Å². The molecule has 3 saturated heterocycles. The number of ether oxygens (including phenoxy) is 1. The van der Waals surface area contributed by atoms with E-state index >= 15 is 0 Å². The number of nitrogens with one attached hydrogen (secondary N) is 6. The summed E-state index contributed by atoms with van der Waals surface area (Å²) in [7, 11) is 2.18. The maximum atomic E-state index is 13.2. The van der Waals surface area contributed by atoms with Gasteiger partial charge in [0.2, 0.25) is 5.91 Å². The summed E-state index contributed by atoms with van der Waals surface area (Å²) < 4.78 is 6.00. The molecule has 5 fully saturated rings. The second-order valence-electron chi connectivity index (χ2n) is 11.0. The minimum atomic E-state index is 0.0991. The molecule has 5 rings (SSSR count). The van der Waals surface area contributed by atoms with Crippen LogP contribution >= 0.6 is 11.6 Å². The molecule has 2 saturated carbocycles. The normalized spacial score (nSPS) is 43.9. The maximum absolute atomic E-state index is 13.2. The Morgan fingerprint density at radius 2 is 2.03 bits per heavy atom. The third-order valence-corrected chi connectivity index (χ3v) is 9.25. The summed E-state index contributed by atoms with van der Waals surface area (Å²) >= 11 is 6.46. The second kappa shape index (κ2) is 11.7. The third-order valence-electron chi connectivity index (χ3n) is 8.85. The molecule has 0 aromatic rings. The van der Waals surface area contributed by atoms with E-state index in [0.717, 1.165) is 84.2 Å². The molecule has 0 spiro atoms. The van der Waals surface area contributed by atoms with Crippen LogP contribution in [0.5, 0.6) is 0 Å². The van der Waals surface area contributed by atoms with E-state index in [1.54, 1.807) is 0 Å². The molecule has 0 bridgehead atoms. The highest BCUT2D eigenvalue weighted by Crippen LogP contribution is 2.36. The number of likely N-dealkylation sites (N-methyl/N-ethyl adjacent to an activating group) is 1. The lowest BCUT2D eigenvalue weighted by atomic mass is 9.78. The number of carbonyl (C=O) groups excluding carboxylic acids is 1. The minimum Gasteiger partial charge on any atom is -0.378 e. The summed E-state index contributed by atoms with van der Waals surface area (Å²) in [5, 5.41) is 14.3. The number of alkyl halides is 1. The van der Waals surface area contributed by atoms with Gasteiger partial charge in [-0.1, -0.05) is 6.42 Å². The molecule has 0 aromatic heterocycles. The summed E-state index contributed by atoms with van der Waals surface area (Å²) in [4.78, 5) is 15.6. The first kappa shape index (κ1) is 25.1. The van der Waals surface area contributed by atoms with Crippen LogP contribution in [0.1, 0.15) is 57.8 Å². The smallest absolute Gasteiger partial charge is 0.223 e. The van der Waals surface area contributed by atoms with Gasteiger partial charge in [-0.05, 0) is 65.0 Å². The summed E-state index contributed by atoms with van der Waals surface area (Å²) in [5.41, 5.74) is 6.94. The number of rotatable bonds is 6. The lowest BCUT2D eigenvalue weighted by molar-refractivity contribution is -0.130. The van der Waals surface area contributed by atoms with Crippen molar-refractivity contribution in [2.45, 2.75) is 99.7 Å². The molecule has 10 heteroatoms. The highest BCUT2D eigenvalue weighted by Gasteiger charge is 2.41. The number of amides is 1. The SMILES string of the molecule is CN1C(CNC2CCCC(C(=O)N[C@H]3CCOC4CCC(Cl)CC43)C2)NNC1C1CCNCN1. The molecule has 3 heterocycles. The Kier molecular flexibility index (Phi) is 8.64. The number of halogens is 1. The molecule has 5 aliphatic rings. The summed E-state index contributed by atoms with van der Waals surface area (Å²) in [5.74, 6) is 0.705. The van der Waals surface area contributed by atoms with Crippen molar-refractivity contribution in [2.24, 2.45) is 11.8 Å². The Morgan fingerprint density at radius 3 is 2.88 bits per heavy atom. The number of hydrogen-bond donors (Lipinski definition) is 6. The van der Waals surface area contributed by atoms with Crippen molar-refractivity contribution < 1.29 is 9.53 Å². The predicted molar refractivity (Wildman–Crippen MR) is 133 cm³/mol. The van der Waals surface area contributed by atoms with Gasteiger partial charge in [0.25, 0.3) is 0 Å². The van der Waals surface area contributed by atoms with Crippen LogP contribution in [0, 0.1) is 11.8 Å². The van der Waals surface area contributed by atoms with E-state index in [4.69, 9.17) is 16.3 Å². The first-order valence-corrected chi connectivity index (χ1v) is 14.0. The fraction of sp³-hybridized carbons (Fsp3) is 0.958. The molecule has 34 heavy (non-hydrogen) atoms. The zero-order chi connectivity index (χ0) is 23.5. The monoisotopic (exact) mass is 497 g/mol. The highest BCUT2D eigenvalue weighted by atomic mass is 35.5. The van der Waals surface area contributed by atoms with E-state index in [0.29, 0.717) is 18.0 Å². The first-order chi connectivity index (χ1) is 16.6. The fourth-order valence-electron chi connectivity index (χ4n) is 6.77. The molecule has 6 N–H and O–H groups in total. The van der Waals surface area contributed by atoms with Crippen LogP contribution in [0.3, 0.4) is 0 Å². The number of carbonyl (C=O) groups is 1. The van der Waals surface area contributed by atoms with Gasteiger partial charge < -0.3 is 20.7 Å². The Hall–Kier alpha value is -0.520. The van der Waals surface area contributed by atoms with Crippen molar-refractivity contribution in [3.05, 3.63) is 0 Å². The van der Waals surface area contributed by atoms with Crippen LogP contribution in [0.4, 0.5) is 0 Å². The van der Waals surface area contributed by atoms with Gasteiger partial charge in [-0.3, -0.25) is 15.0 Å². The fourth-order valence-corrected chi connectivity index (χ4v) is 7.10. The van der Waals surface area contributed by atoms with E-state index < -0.39 is 0 Å². The Bertz CT molecular complexity index is 682. The van der Waals surface area contributed by atoms with Gasteiger partial charge >= 0.3 is 0 Å². The van der Waals surface area contributed by atoms with Crippen LogP contribution in [-0.4, -0.2) is 86.2 Å². The Morgan fingerprint density at radius 1 is 1.12 bits per heavy atom. The quantitative estimate of drug-likeness (QED) is 0.294. The van der Waals surface area contributed by atoms with Crippen LogP contribution < -0.4 is 32.1 Å². The molecule has 9 nitrogen and oxygen atoms in total. The minimum absolute atomic E-state index is 0.0991. The zero-order valence-electron chi connectivity index (χ0n) is 20.5. The van der Waals surface area contributed by atoms with Crippen LogP contribution in [0.15, 0.2) is 0 Å². The molecule has 0 radical (unpaired) electrons. The van der Waals surface area contributed by atoms with Gasteiger partial charge in [0.05, 0.1) is 18.4 Å². The summed E-state index contributed by atoms with van der Waals surface area (Å²) in [6.45, 7) is 3.54. The van der Waals surface area contributed by atoms with Gasteiger partial charge in [0, 0.05) is 55.2 Å². The van der Waals surface area contributed by atoms with Gasteiger partial charge in [-0.25, -0.2) is 10.9 Å². The van der Waals surface area contributed by atoms with E-state index in [2.05, 4.69) is 44.1 Å². The average Bonchev–Trinajstić information content (AvgIpc) is 3.24. The molecule has 9 atom stereocenters. The summed E-state index contributed by atoms with van der Waals surface area (Å²) in [6, 6.07) is 1.04.